The first-order valence-electron chi connectivity index (χ1n) is 2.88. The van der Waals surface area contributed by atoms with Gasteiger partial charge in [-0.2, -0.15) is 13.9 Å². The second-order valence-electron chi connectivity index (χ2n) is 2.00. The second-order valence-corrected chi connectivity index (χ2v) is 2.00. The molecule has 0 amide bonds. The molecule has 12 heavy (non-hydrogen) atoms. The molecule has 0 radical (unpaired) electrons. The standard InChI is InChI=1S/C5H5F2N3O2/c6-5(7)10-1-2(8)3(9-10)4(11)12/h1,5H,8H2,(H,11,12). The van der Waals surface area contributed by atoms with Gasteiger partial charge in [-0.15, -0.1) is 0 Å². The first kappa shape index (κ1) is 8.44. The Hall–Kier alpha value is -1.66. The maximum Gasteiger partial charge on any atom is 0.358 e. The van der Waals surface area contributed by atoms with Gasteiger partial charge in [0.2, 0.25) is 0 Å². The van der Waals surface area contributed by atoms with Crippen LogP contribution in [0.4, 0.5) is 14.5 Å². The van der Waals surface area contributed by atoms with E-state index in [4.69, 9.17) is 10.8 Å². The number of halogens is 2. The number of nitrogens with two attached hydrogens (primary N) is 1. The number of nitrogens with zero attached hydrogens (tertiary/aromatic N) is 2. The molecule has 0 aromatic carbocycles. The lowest BCUT2D eigenvalue weighted by atomic mass is 10.4. The third-order valence-electron chi connectivity index (χ3n) is 1.16. The van der Waals surface area contributed by atoms with Gasteiger partial charge in [-0.1, -0.05) is 0 Å². The minimum atomic E-state index is -2.87. The van der Waals surface area contributed by atoms with Gasteiger partial charge >= 0.3 is 12.5 Å². The van der Waals surface area contributed by atoms with E-state index in [0.29, 0.717) is 0 Å². The van der Waals surface area contributed by atoms with Crippen LogP contribution in [0.2, 0.25) is 0 Å². The number of hydrogen-bond donors (Lipinski definition) is 2. The first-order chi connectivity index (χ1) is 5.52. The Morgan fingerprint density at radius 2 is 2.33 bits per heavy atom. The molecule has 66 valence electrons. The van der Waals surface area contributed by atoms with E-state index < -0.39 is 18.2 Å². The van der Waals surface area contributed by atoms with Crippen molar-refractivity contribution in [3.8, 4) is 0 Å². The molecule has 0 aliphatic heterocycles. The maximum atomic E-state index is 11.9. The lowest BCUT2D eigenvalue weighted by molar-refractivity contribution is 0.0545. The summed E-state index contributed by atoms with van der Waals surface area (Å²) in [7, 11) is 0. The predicted molar refractivity (Wildman–Crippen MR) is 34.9 cm³/mol. The van der Waals surface area contributed by atoms with Crippen molar-refractivity contribution in [2.75, 3.05) is 5.73 Å². The van der Waals surface area contributed by atoms with Crippen LogP contribution in [0.25, 0.3) is 0 Å². The fraction of sp³-hybridized carbons (Fsp3) is 0.200. The van der Waals surface area contributed by atoms with Crippen LogP contribution in [0, 0.1) is 0 Å². The van der Waals surface area contributed by atoms with Crippen molar-refractivity contribution >= 4 is 11.7 Å². The van der Waals surface area contributed by atoms with E-state index >= 15 is 0 Å². The van der Waals surface area contributed by atoms with E-state index in [1.807, 2.05) is 0 Å². The van der Waals surface area contributed by atoms with Gasteiger partial charge in [0.25, 0.3) is 0 Å². The quantitative estimate of drug-likeness (QED) is 0.691. The number of carboxylic acid groups (broad SMARTS) is 1. The molecular formula is C5H5F2N3O2. The van der Waals surface area contributed by atoms with E-state index in [-0.39, 0.29) is 10.4 Å². The number of nitrogen functional groups attached to an aromatic ring is 1. The summed E-state index contributed by atoms with van der Waals surface area (Å²) in [5, 5.41) is 11.4. The molecule has 1 aromatic rings. The number of anilines is 1. The molecule has 0 saturated heterocycles. The number of carboxylic acids is 1. The molecule has 3 N–H and O–H groups in total. The minimum Gasteiger partial charge on any atom is -0.476 e. The van der Waals surface area contributed by atoms with Gasteiger partial charge in [-0.05, 0) is 0 Å². The van der Waals surface area contributed by atoms with E-state index in [2.05, 4.69) is 5.10 Å². The Kier molecular flexibility index (Phi) is 1.94. The van der Waals surface area contributed by atoms with Crippen molar-refractivity contribution in [3.63, 3.8) is 0 Å². The monoisotopic (exact) mass is 177 g/mol. The van der Waals surface area contributed by atoms with Gasteiger partial charge in [0.1, 0.15) is 0 Å². The molecule has 0 bridgehead atoms. The Morgan fingerprint density at radius 1 is 1.75 bits per heavy atom. The van der Waals surface area contributed by atoms with Gasteiger partial charge in [-0.3, -0.25) is 0 Å². The van der Waals surface area contributed by atoms with Crippen molar-refractivity contribution in [1.82, 2.24) is 9.78 Å². The highest BCUT2D eigenvalue weighted by Crippen LogP contribution is 2.14. The molecule has 5 nitrogen and oxygen atoms in total. The SMILES string of the molecule is Nc1cn(C(F)F)nc1C(=O)O. The zero-order valence-corrected chi connectivity index (χ0v) is 5.74. The van der Waals surface area contributed by atoms with Crippen molar-refractivity contribution in [2.24, 2.45) is 0 Å². The Labute approximate surface area is 65.4 Å². The van der Waals surface area contributed by atoms with Gasteiger partial charge in [0.15, 0.2) is 5.69 Å². The molecule has 0 unspecified atom stereocenters. The first-order valence-corrected chi connectivity index (χ1v) is 2.88. The summed E-state index contributed by atoms with van der Waals surface area (Å²) in [5.41, 5.74) is 4.25. The average molecular weight is 177 g/mol. The van der Waals surface area contributed by atoms with Gasteiger partial charge in [0.05, 0.1) is 11.9 Å². The van der Waals surface area contributed by atoms with Gasteiger partial charge < -0.3 is 10.8 Å². The predicted octanol–water partition coefficient (Wildman–Crippen LogP) is 0.559. The second kappa shape index (κ2) is 2.76. The zero-order valence-electron chi connectivity index (χ0n) is 5.74. The molecule has 1 aromatic heterocycles. The van der Waals surface area contributed by atoms with Crippen molar-refractivity contribution in [3.05, 3.63) is 11.9 Å². The van der Waals surface area contributed by atoms with Crippen molar-refractivity contribution in [1.29, 1.82) is 0 Å². The zero-order chi connectivity index (χ0) is 9.30. The number of hydrogen-bond acceptors (Lipinski definition) is 3. The number of carbonyl (C=O) groups is 1. The highest BCUT2D eigenvalue weighted by molar-refractivity contribution is 5.91. The fourth-order valence-corrected chi connectivity index (χ4v) is 0.672. The molecule has 0 saturated carbocycles. The summed E-state index contributed by atoms with van der Waals surface area (Å²) in [6.07, 6.45) is 0.772. The summed E-state index contributed by atoms with van der Waals surface area (Å²) >= 11 is 0. The number of rotatable bonds is 2. The molecular weight excluding hydrogens is 172 g/mol. The molecule has 0 aliphatic carbocycles. The van der Waals surface area contributed by atoms with Crippen LogP contribution in [-0.2, 0) is 0 Å². The van der Waals surface area contributed by atoms with Gasteiger partial charge in [0, 0.05) is 0 Å². The Balaban J connectivity index is 3.09. The summed E-state index contributed by atoms with van der Waals surface area (Å²) in [4.78, 5) is 10.3. The molecule has 1 rings (SSSR count). The molecule has 1 heterocycles. The van der Waals surface area contributed by atoms with Gasteiger partial charge in [-0.25, -0.2) is 9.48 Å². The third kappa shape index (κ3) is 1.34. The lowest BCUT2D eigenvalue weighted by Gasteiger charge is -1.94. The number of aromatic nitrogens is 2. The van der Waals surface area contributed by atoms with Crippen LogP contribution >= 0.6 is 0 Å². The summed E-state index contributed by atoms with van der Waals surface area (Å²) in [6.45, 7) is -2.87. The highest BCUT2D eigenvalue weighted by Gasteiger charge is 2.16. The molecule has 0 aliphatic rings. The number of aromatic carboxylic acids is 1. The smallest absolute Gasteiger partial charge is 0.358 e. The average Bonchev–Trinajstić information content (AvgIpc) is 2.30. The minimum absolute atomic E-state index is 0.193. The van der Waals surface area contributed by atoms with Crippen LogP contribution in [0.15, 0.2) is 6.20 Å². The number of alkyl halides is 2. The van der Waals surface area contributed by atoms with Crippen LogP contribution < -0.4 is 5.73 Å². The van der Waals surface area contributed by atoms with Crippen LogP contribution in [0.3, 0.4) is 0 Å². The molecule has 7 heteroatoms. The topological polar surface area (TPSA) is 81.1 Å². The highest BCUT2D eigenvalue weighted by atomic mass is 19.3. The fourth-order valence-electron chi connectivity index (χ4n) is 0.672. The van der Waals surface area contributed by atoms with Crippen LogP contribution in [0.1, 0.15) is 17.0 Å². The normalized spacial score (nSPS) is 10.6. The summed E-state index contributed by atoms with van der Waals surface area (Å²) < 4.78 is 23.9. The van der Waals surface area contributed by atoms with Crippen LogP contribution in [0.5, 0.6) is 0 Å². The Morgan fingerprint density at radius 3 is 2.58 bits per heavy atom. The van der Waals surface area contributed by atoms with Crippen molar-refractivity contribution < 1.29 is 18.7 Å². The molecule has 0 atom stereocenters. The van der Waals surface area contributed by atoms with E-state index in [9.17, 15) is 13.6 Å². The van der Waals surface area contributed by atoms with Crippen molar-refractivity contribution in [2.45, 2.75) is 6.55 Å². The summed E-state index contributed by atoms with van der Waals surface area (Å²) in [6, 6.07) is 0. The van der Waals surface area contributed by atoms with E-state index in [1.165, 1.54) is 0 Å². The lowest BCUT2D eigenvalue weighted by Crippen LogP contribution is -2.03. The maximum absolute atomic E-state index is 11.9. The van der Waals surface area contributed by atoms with Crippen LogP contribution in [-0.4, -0.2) is 20.9 Å². The van der Waals surface area contributed by atoms with E-state index in [1.54, 1.807) is 0 Å². The largest absolute Gasteiger partial charge is 0.476 e. The molecule has 0 fully saturated rings. The Bertz CT molecular complexity index is 310. The third-order valence-corrected chi connectivity index (χ3v) is 1.16. The summed E-state index contributed by atoms with van der Waals surface area (Å²) in [5.74, 6) is -1.42. The molecule has 0 spiro atoms. The van der Waals surface area contributed by atoms with E-state index in [0.717, 1.165) is 6.20 Å².